The van der Waals surface area contributed by atoms with E-state index in [9.17, 15) is 9.59 Å². The highest BCUT2D eigenvalue weighted by Gasteiger charge is 2.34. The molecule has 2 rings (SSSR count). The first-order valence-electron chi connectivity index (χ1n) is 6.10. The van der Waals surface area contributed by atoms with E-state index in [-0.39, 0.29) is 24.0 Å². The Bertz CT molecular complexity index is 470. The monoisotopic (exact) mass is 266 g/mol. The van der Waals surface area contributed by atoms with Gasteiger partial charge in [0.1, 0.15) is 0 Å². The van der Waals surface area contributed by atoms with Crippen LogP contribution >= 0.6 is 11.6 Å². The SMILES string of the molecule is O=C(C[C@H]1CCC[C@@H]1C(=O)O)c1ccccc1Cl. The van der Waals surface area contributed by atoms with E-state index in [0.717, 1.165) is 12.8 Å². The van der Waals surface area contributed by atoms with Gasteiger partial charge in [-0.25, -0.2) is 0 Å². The van der Waals surface area contributed by atoms with Gasteiger partial charge in [-0.2, -0.15) is 0 Å². The molecule has 1 aliphatic rings. The Kier molecular flexibility index (Phi) is 4.02. The molecule has 0 radical (unpaired) electrons. The van der Waals surface area contributed by atoms with Gasteiger partial charge in [0.15, 0.2) is 5.78 Å². The van der Waals surface area contributed by atoms with Gasteiger partial charge in [-0.15, -0.1) is 0 Å². The lowest BCUT2D eigenvalue weighted by Gasteiger charge is -2.15. The molecule has 1 saturated carbocycles. The van der Waals surface area contributed by atoms with Gasteiger partial charge < -0.3 is 5.11 Å². The Labute approximate surface area is 111 Å². The van der Waals surface area contributed by atoms with Crippen molar-refractivity contribution in [3.05, 3.63) is 34.9 Å². The average molecular weight is 267 g/mol. The Morgan fingerprint density at radius 2 is 2.00 bits per heavy atom. The number of benzene rings is 1. The number of ketones is 1. The lowest BCUT2D eigenvalue weighted by atomic mass is 9.89. The topological polar surface area (TPSA) is 54.4 Å². The number of hydrogen-bond donors (Lipinski definition) is 1. The summed E-state index contributed by atoms with van der Waals surface area (Å²) in [7, 11) is 0. The van der Waals surface area contributed by atoms with Crippen molar-refractivity contribution in [2.24, 2.45) is 11.8 Å². The number of carbonyl (C=O) groups is 2. The highest BCUT2D eigenvalue weighted by atomic mass is 35.5. The number of carboxylic acids is 1. The number of carboxylic acid groups (broad SMARTS) is 1. The Morgan fingerprint density at radius 1 is 1.28 bits per heavy atom. The van der Waals surface area contributed by atoms with Crippen LogP contribution in [-0.4, -0.2) is 16.9 Å². The maximum Gasteiger partial charge on any atom is 0.306 e. The molecular weight excluding hydrogens is 252 g/mol. The maximum absolute atomic E-state index is 12.1. The summed E-state index contributed by atoms with van der Waals surface area (Å²) in [6.45, 7) is 0. The van der Waals surface area contributed by atoms with E-state index in [0.29, 0.717) is 17.0 Å². The number of aliphatic carboxylic acids is 1. The van der Waals surface area contributed by atoms with Gasteiger partial charge in [0.2, 0.25) is 0 Å². The zero-order chi connectivity index (χ0) is 13.1. The van der Waals surface area contributed by atoms with Crippen molar-refractivity contribution in [2.45, 2.75) is 25.7 Å². The molecule has 0 spiro atoms. The molecule has 1 fully saturated rings. The summed E-state index contributed by atoms with van der Waals surface area (Å²) in [5.41, 5.74) is 0.496. The second kappa shape index (κ2) is 5.53. The van der Waals surface area contributed by atoms with E-state index < -0.39 is 5.97 Å². The van der Waals surface area contributed by atoms with Crippen LogP contribution in [0.3, 0.4) is 0 Å². The molecule has 0 aromatic heterocycles. The third kappa shape index (κ3) is 2.72. The summed E-state index contributed by atoms with van der Waals surface area (Å²) in [5.74, 6) is -1.27. The van der Waals surface area contributed by atoms with E-state index in [4.69, 9.17) is 16.7 Å². The van der Waals surface area contributed by atoms with Gasteiger partial charge in [0.05, 0.1) is 10.9 Å². The molecule has 2 atom stereocenters. The van der Waals surface area contributed by atoms with E-state index in [1.807, 2.05) is 0 Å². The number of hydrogen-bond acceptors (Lipinski definition) is 2. The minimum Gasteiger partial charge on any atom is -0.481 e. The van der Waals surface area contributed by atoms with Crippen molar-refractivity contribution in [3.63, 3.8) is 0 Å². The summed E-state index contributed by atoms with van der Waals surface area (Å²) in [6.07, 6.45) is 2.65. The Hall–Kier alpha value is -1.35. The zero-order valence-corrected chi connectivity index (χ0v) is 10.7. The zero-order valence-electron chi connectivity index (χ0n) is 9.93. The number of rotatable bonds is 4. The first-order chi connectivity index (χ1) is 8.59. The predicted octanol–water partition coefficient (Wildman–Crippen LogP) is 3.41. The van der Waals surface area contributed by atoms with Crippen LogP contribution in [0.2, 0.25) is 5.02 Å². The van der Waals surface area contributed by atoms with Crippen LogP contribution in [0.1, 0.15) is 36.0 Å². The standard InChI is InChI=1S/C14H15ClO3/c15-12-7-2-1-5-11(12)13(16)8-9-4-3-6-10(9)14(17)18/h1-2,5,7,9-10H,3-4,6,8H2,(H,17,18)/t9-,10+/m1/s1. The van der Waals surface area contributed by atoms with Crippen LogP contribution in [0.15, 0.2) is 24.3 Å². The number of carbonyl (C=O) groups excluding carboxylic acids is 1. The summed E-state index contributed by atoms with van der Waals surface area (Å²) >= 11 is 5.97. The number of Topliss-reactive ketones (excluding diaryl/α,β-unsaturated/α-hetero) is 1. The van der Waals surface area contributed by atoms with Crippen LogP contribution in [0.25, 0.3) is 0 Å². The minimum absolute atomic E-state index is 0.0497. The van der Waals surface area contributed by atoms with E-state index in [1.54, 1.807) is 24.3 Å². The third-order valence-electron chi connectivity index (χ3n) is 3.60. The fourth-order valence-electron chi connectivity index (χ4n) is 2.64. The fourth-order valence-corrected chi connectivity index (χ4v) is 2.88. The molecule has 3 nitrogen and oxygen atoms in total. The van der Waals surface area contributed by atoms with Crippen LogP contribution in [0, 0.1) is 11.8 Å². The molecule has 0 aliphatic heterocycles. The second-order valence-electron chi connectivity index (χ2n) is 4.74. The van der Waals surface area contributed by atoms with E-state index >= 15 is 0 Å². The largest absolute Gasteiger partial charge is 0.481 e. The predicted molar refractivity (Wildman–Crippen MR) is 68.9 cm³/mol. The maximum atomic E-state index is 12.1. The van der Waals surface area contributed by atoms with Crippen LogP contribution < -0.4 is 0 Å². The molecule has 1 aromatic carbocycles. The van der Waals surface area contributed by atoms with Crippen LogP contribution in [-0.2, 0) is 4.79 Å². The van der Waals surface area contributed by atoms with Crippen molar-refractivity contribution in [1.82, 2.24) is 0 Å². The Balaban J connectivity index is 2.08. The average Bonchev–Trinajstić information content (AvgIpc) is 2.77. The van der Waals surface area contributed by atoms with Crippen molar-refractivity contribution in [2.75, 3.05) is 0 Å². The molecule has 0 unspecified atom stereocenters. The smallest absolute Gasteiger partial charge is 0.306 e. The second-order valence-corrected chi connectivity index (χ2v) is 5.15. The van der Waals surface area contributed by atoms with Gasteiger partial charge in [-0.1, -0.05) is 30.2 Å². The number of halogens is 1. The van der Waals surface area contributed by atoms with Gasteiger partial charge in [-0.3, -0.25) is 9.59 Å². The lowest BCUT2D eigenvalue weighted by Crippen LogP contribution is -2.21. The lowest BCUT2D eigenvalue weighted by molar-refractivity contribution is -0.142. The minimum atomic E-state index is -0.788. The summed E-state index contributed by atoms with van der Waals surface area (Å²) in [4.78, 5) is 23.2. The normalized spacial score (nSPS) is 22.9. The summed E-state index contributed by atoms with van der Waals surface area (Å²) in [5, 5.41) is 9.52. The molecule has 96 valence electrons. The molecule has 0 heterocycles. The molecule has 0 amide bonds. The first-order valence-corrected chi connectivity index (χ1v) is 6.48. The van der Waals surface area contributed by atoms with Crippen molar-refractivity contribution < 1.29 is 14.7 Å². The molecule has 0 bridgehead atoms. The molecule has 0 saturated heterocycles. The van der Waals surface area contributed by atoms with Gasteiger partial charge in [-0.05, 0) is 30.9 Å². The molecule has 4 heteroatoms. The molecule has 18 heavy (non-hydrogen) atoms. The van der Waals surface area contributed by atoms with E-state index in [2.05, 4.69) is 0 Å². The Morgan fingerprint density at radius 3 is 2.67 bits per heavy atom. The van der Waals surface area contributed by atoms with Crippen molar-refractivity contribution >= 4 is 23.4 Å². The molecule has 1 aromatic rings. The fraction of sp³-hybridized carbons (Fsp3) is 0.429. The summed E-state index contributed by atoms with van der Waals surface area (Å²) < 4.78 is 0. The summed E-state index contributed by atoms with van der Waals surface area (Å²) in [6, 6.07) is 6.91. The van der Waals surface area contributed by atoms with Crippen LogP contribution in [0.5, 0.6) is 0 Å². The quantitative estimate of drug-likeness (QED) is 0.850. The third-order valence-corrected chi connectivity index (χ3v) is 3.93. The van der Waals surface area contributed by atoms with Gasteiger partial charge >= 0.3 is 5.97 Å². The van der Waals surface area contributed by atoms with Gasteiger partial charge in [0, 0.05) is 12.0 Å². The molecular formula is C14H15ClO3. The molecule has 1 aliphatic carbocycles. The van der Waals surface area contributed by atoms with Crippen molar-refractivity contribution in [1.29, 1.82) is 0 Å². The van der Waals surface area contributed by atoms with E-state index in [1.165, 1.54) is 0 Å². The molecule has 1 N–H and O–H groups in total. The first kappa shape index (κ1) is 13.1. The van der Waals surface area contributed by atoms with Gasteiger partial charge in [0.25, 0.3) is 0 Å². The van der Waals surface area contributed by atoms with Crippen LogP contribution in [0.4, 0.5) is 0 Å². The highest BCUT2D eigenvalue weighted by molar-refractivity contribution is 6.33. The highest BCUT2D eigenvalue weighted by Crippen LogP contribution is 2.35. The van der Waals surface area contributed by atoms with Crippen molar-refractivity contribution in [3.8, 4) is 0 Å².